The first kappa shape index (κ1) is 20.6. The molecule has 1 atom stereocenters. The molecule has 0 spiro atoms. The Labute approximate surface area is 182 Å². The van der Waals surface area contributed by atoms with Gasteiger partial charge in [-0.3, -0.25) is 9.59 Å². The van der Waals surface area contributed by atoms with Crippen molar-refractivity contribution in [3.05, 3.63) is 94.0 Å². The lowest BCUT2D eigenvalue weighted by Crippen LogP contribution is -2.36. The van der Waals surface area contributed by atoms with Gasteiger partial charge in [0.15, 0.2) is 0 Å². The molecule has 0 saturated carbocycles. The molecule has 0 saturated heterocycles. The van der Waals surface area contributed by atoms with Gasteiger partial charge < -0.3 is 5.32 Å². The molecule has 1 amide bonds. The van der Waals surface area contributed by atoms with Gasteiger partial charge in [-0.1, -0.05) is 30.3 Å². The summed E-state index contributed by atoms with van der Waals surface area (Å²) in [6, 6.07) is 17.7. The molecule has 2 aromatic heterocycles. The predicted octanol–water partition coefficient (Wildman–Crippen LogP) is 4.05. The molecule has 8 heteroatoms. The summed E-state index contributed by atoms with van der Waals surface area (Å²) in [5.41, 5.74) is 2.50. The maximum atomic E-state index is 13.2. The van der Waals surface area contributed by atoms with Gasteiger partial charge in [-0.15, -0.1) is 11.3 Å². The van der Waals surface area contributed by atoms with Crippen molar-refractivity contribution >= 4 is 17.2 Å². The smallest absolute Gasteiger partial charge is 0.267 e. The van der Waals surface area contributed by atoms with Crippen LogP contribution in [-0.4, -0.2) is 20.7 Å². The topological polar surface area (TPSA) is 76.9 Å². The third kappa shape index (κ3) is 4.75. The van der Waals surface area contributed by atoms with Crippen molar-refractivity contribution in [2.75, 3.05) is 0 Å². The number of amides is 1. The molecule has 0 aliphatic heterocycles. The molecule has 156 valence electrons. The van der Waals surface area contributed by atoms with Crippen LogP contribution in [0.25, 0.3) is 21.8 Å². The standard InChI is InChI=1S/C23H19FN4O2S/c1-15(28-21(29)12-11-20(27-28)16-7-9-18(24)10-8-16)22(30)25-13-19-14-31-23(26-19)17-5-3-2-4-6-17/h2-12,14-15H,13H2,1H3,(H,25,30). The lowest BCUT2D eigenvalue weighted by atomic mass is 10.1. The predicted molar refractivity (Wildman–Crippen MR) is 118 cm³/mol. The van der Waals surface area contributed by atoms with E-state index >= 15 is 0 Å². The highest BCUT2D eigenvalue weighted by molar-refractivity contribution is 7.13. The monoisotopic (exact) mass is 434 g/mol. The van der Waals surface area contributed by atoms with Gasteiger partial charge in [0.1, 0.15) is 16.9 Å². The van der Waals surface area contributed by atoms with Crippen LogP contribution in [-0.2, 0) is 11.3 Å². The van der Waals surface area contributed by atoms with Gasteiger partial charge in [0.05, 0.1) is 17.9 Å². The van der Waals surface area contributed by atoms with E-state index in [2.05, 4.69) is 15.4 Å². The Hall–Kier alpha value is -3.65. The number of hydrogen-bond acceptors (Lipinski definition) is 5. The third-order valence-corrected chi connectivity index (χ3v) is 5.67. The molecule has 31 heavy (non-hydrogen) atoms. The minimum Gasteiger partial charge on any atom is -0.349 e. The van der Waals surface area contributed by atoms with E-state index in [1.165, 1.54) is 29.5 Å². The highest BCUT2D eigenvalue weighted by Gasteiger charge is 2.18. The second-order valence-electron chi connectivity index (χ2n) is 6.91. The van der Waals surface area contributed by atoms with Gasteiger partial charge in [0.2, 0.25) is 5.91 Å². The van der Waals surface area contributed by atoms with Crippen LogP contribution in [0.1, 0.15) is 18.7 Å². The number of halogens is 1. The van der Waals surface area contributed by atoms with Crippen LogP contribution in [0.3, 0.4) is 0 Å². The molecule has 0 bridgehead atoms. The Bertz CT molecular complexity index is 1250. The number of carbonyl (C=O) groups excluding carboxylic acids is 1. The van der Waals surface area contributed by atoms with E-state index in [1.807, 2.05) is 35.7 Å². The number of benzene rings is 2. The van der Waals surface area contributed by atoms with Crippen molar-refractivity contribution in [3.8, 4) is 21.8 Å². The van der Waals surface area contributed by atoms with Crippen LogP contribution in [0, 0.1) is 5.82 Å². The fraction of sp³-hybridized carbons (Fsp3) is 0.130. The molecule has 0 radical (unpaired) electrons. The molecule has 4 rings (SSSR count). The highest BCUT2D eigenvalue weighted by atomic mass is 32.1. The molecular weight excluding hydrogens is 415 g/mol. The fourth-order valence-electron chi connectivity index (χ4n) is 3.02. The second-order valence-corrected chi connectivity index (χ2v) is 7.77. The van der Waals surface area contributed by atoms with Gasteiger partial charge in [0, 0.05) is 22.6 Å². The van der Waals surface area contributed by atoms with Crippen LogP contribution in [0.2, 0.25) is 0 Å². The molecule has 0 aliphatic carbocycles. The molecule has 2 heterocycles. The van der Waals surface area contributed by atoms with Crippen molar-refractivity contribution in [1.29, 1.82) is 0 Å². The van der Waals surface area contributed by atoms with E-state index in [-0.39, 0.29) is 18.3 Å². The lowest BCUT2D eigenvalue weighted by Gasteiger charge is -2.14. The molecule has 4 aromatic rings. The Kier molecular flexibility index (Phi) is 5.99. The number of nitrogens with one attached hydrogen (secondary N) is 1. The summed E-state index contributed by atoms with van der Waals surface area (Å²) >= 11 is 1.51. The van der Waals surface area contributed by atoms with Crippen LogP contribution in [0.5, 0.6) is 0 Å². The van der Waals surface area contributed by atoms with Gasteiger partial charge in [-0.05, 0) is 37.3 Å². The Morgan fingerprint density at radius 1 is 1.06 bits per heavy atom. The fourth-order valence-corrected chi connectivity index (χ4v) is 3.84. The normalized spacial score (nSPS) is 11.8. The van der Waals surface area contributed by atoms with Gasteiger partial charge in [0.25, 0.3) is 5.56 Å². The van der Waals surface area contributed by atoms with E-state index in [0.29, 0.717) is 11.3 Å². The average molecular weight is 434 g/mol. The van der Waals surface area contributed by atoms with E-state index in [4.69, 9.17) is 0 Å². The number of hydrogen-bond donors (Lipinski definition) is 1. The SMILES string of the molecule is CC(C(=O)NCc1csc(-c2ccccc2)n1)n1nc(-c2ccc(F)cc2)ccc1=O. The lowest BCUT2D eigenvalue weighted by molar-refractivity contribution is -0.124. The average Bonchev–Trinajstić information content (AvgIpc) is 3.28. The molecular formula is C23H19FN4O2S. The van der Waals surface area contributed by atoms with Crippen molar-refractivity contribution in [2.45, 2.75) is 19.5 Å². The number of thiazole rings is 1. The first-order valence-corrected chi connectivity index (χ1v) is 10.5. The van der Waals surface area contributed by atoms with Crippen LogP contribution >= 0.6 is 11.3 Å². The zero-order chi connectivity index (χ0) is 21.8. The minimum absolute atomic E-state index is 0.249. The minimum atomic E-state index is -0.819. The Morgan fingerprint density at radius 2 is 1.81 bits per heavy atom. The molecule has 2 aromatic carbocycles. The van der Waals surface area contributed by atoms with Gasteiger partial charge in [-0.25, -0.2) is 14.1 Å². The summed E-state index contributed by atoms with van der Waals surface area (Å²) in [4.78, 5) is 29.5. The molecule has 1 N–H and O–H groups in total. The van der Waals surface area contributed by atoms with E-state index in [0.717, 1.165) is 20.9 Å². The van der Waals surface area contributed by atoms with E-state index < -0.39 is 11.6 Å². The summed E-state index contributed by atoms with van der Waals surface area (Å²) in [6.07, 6.45) is 0. The van der Waals surface area contributed by atoms with Crippen LogP contribution in [0.4, 0.5) is 4.39 Å². The largest absolute Gasteiger partial charge is 0.349 e. The second kappa shape index (κ2) is 9.01. The maximum absolute atomic E-state index is 13.2. The van der Waals surface area contributed by atoms with Crippen molar-refractivity contribution in [2.24, 2.45) is 0 Å². The maximum Gasteiger partial charge on any atom is 0.267 e. The summed E-state index contributed by atoms with van der Waals surface area (Å²) < 4.78 is 14.3. The van der Waals surface area contributed by atoms with E-state index in [9.17, 15) is 14.0 Å². The van der Waals surface area contributed by atoms with Crippen molar-refractivity contribution in [3.63, 3.8) is 0 Å². The van der Waals surface area contributed by atoms with E-state index in [1.54, 1.807) is 25.1 Å². The van der Waals surface area contributed by atoms with Gasteiger partial charge >= 0.3 is 0 Å². The van der Waals surface area contributed by atoms with Gasteiger partial charge in [-0.2, -0.15) is 5.10 Å². The number of rotatable bonds is 6. The summed E-state index contributed by atoms with van der Waals surface area (Å²) in [5.74, 6) is -0.706. The summed E-state index contributed by atoms with van der Waals surface area (Å²) in [6.45, 7) is 1.85. The Morgan fingerprint density at radius 3 is 2.55 bits per heavy atom. The van der Waals surface area contributed by atoms with Crippen molar-refractivity contribution in [1.82, 2.24) is 20.1 Å². The van der Waals surface area contributed by atoms with Crippen LogP contribution < -0.4 is 10.9 Å². The zero-order valence-electron chi connectivity index (χ0n) is 16.7. The Balaban J connectivity index is 1.46. The zero-order valence-corrected chi connectivity index (χ0v) is 17.5. The number of aromatic nitrogens is 3. The van der Waals surface area contributed by atoms with Crippen molar-refractivity contribution < 1.29 is 9.18 Å². The summed E-state index contributed by atoms with van der Waals surface area (Å²) in [5, 5.41) is 9.88. The quantitative estimate of drug-likeness (QED) is 0.497. The molecule has 1 unspecified atom stereocenters. The third-order valence-electron chi connectivity index (χ3n) is 4.73. The molecule has 0 fully saturated rings. The molecule has 0 aliphatic rings. The molecule has 6 nitrogen and oxygen atoms in total. The number of nitrogens with zero attached hydrogens (tertiary/aromatic N) is 3. The highest BCUT2D eigenvalue weighted by Crippen LogP contribution is 2.23. The summed E-state index contributed by atoms with van der Waals surface area (Å²) in [7, 11) is 0. The first-order chi connectivity index (χ1) is 15.0. The first-order valence-electron chi connectivity index (χ1n) is 9.64. The number of carbonyl (C=O) groups is 1. The van der Waals surface area contributed by atoms with Crippen LogP contribution in [0.15, 0.2) is 76.9 Å².